The molecule has 3 nitrogen and oxygen atoms in total. The highest BCUT2D eigenvalue weighted by Gasteiger charge is 2.05. The summed E-state index contributed by atoms with van der Waals surface area (Å²) in [4.78, 5) is 4.38. The molecule has 0 saturated heterocycles. The molecule has 1 aromatic carbocycles. The first-order chi connectivity index (χ1) is 9.66. The van der Waals surface area contributed by atoms with Crippen LogP contribution in [0, 0.1) is 5.82 Å². The molecule has 1 heterocycles. The Balaban J connectivity index is 1.84. The summed E-state index contributed by atoms with van der Waals surface area (Å²) in [5.74, 6) is -0.354. The maximum Gasteiger partial charge on any atom is 0.129 e. The highest BCUT2D eigenvalue weighted by molar-refractivity contribution is 7.80. The third-order valence-corrected chi connectivity index (χ3v) is 3.06. The lowest BCUT2D eigenvalue weighted by Gasteiger charge is -2.07. The van der Waals surface area contributed by atoms with Gasteiger partial charge in [-0.2, -0.15) is 0 Å². The van der Waals surface area contributed by atoms with Crippen LogP contribution in [-0.2, 0) is 17.8 Å². The molecule has 2 aromatic rings. The minimum absolute atomic E-state index is 0.187. The van der Waals surface area contributed by atoms with Crippen LogP contribution in [0.1, 0.15) is 16.8 Å². The Hall–Kier alpha value is -1.85. The van der Waals surface area contributed by atoms with Crippen molar-refractivity contribution < 1.29 is 9.13 Å². The molecule has 0 aliphatic rings. The van der Waals surface area contributed by atoms with E-state index >= 15 is 0 Å². The first kappa shape index (κ1) is 14.6. The Labute approximate surface area is 122 Å². The zero-order chi connectivity index (χ0) is 14.4. The first-order valence-electron chi connectivity index (χ1n) is 6.22. The van der Waals surface area contributed by atoms with Gasteiger partial charge in [-0.05, 0) is 18.2 Å². The minimum Gasteiger partial charge on any atom is -0.389 e. The van der Waals surface area contributed by atoms with Crippen LogP contribution in [0.5, 0.6) is 0 Å². The van der Waals surface area contributed by atoms with E-state index in [1.807, 2.05) is 18.2 Å². The van der Waals surface area contributed by atoms with Crippen molar-refractivity contribution in [3.63, 3.8) is 0 Å². The molecule has 0 aliphatic heterocycles. The lowest BCUT2D eigenvalue weighted by atomic mass is 10.1. The molecule has 104 valence electrons. The van der Waals surface area contributed by atoms with Crippen LogP contribution in [0.4, 0.5) is 4.39 Å². The van der Waals surface area contributed by atoms with Crippen LogP contribution in [0.2, 0.25) is 0 Å². The van der Waals surface area contributed by atoms with E-state index in [4.69, 9.17) is 22.7 Å². The standard InChI is InChI=1S/C15H15FN2OS/c16-14-9-11(15(17)20)4-5-12(14)10-19-8-6-13-3-1-2-7-18-13/h1-5,7,9H,6,8,10H2,(H2,17,20). The second-order valence-electron chi connectivity index (χ2n) is 4.29. The van der Waals surface area contributed by atoms with Crippen LogP contribution >= 0.6 is 12.2 Å². The summed E-state index contributed by atoms with van der Waals surface area (Å²) in [5.41, 5.74) is 7.42. The Bertz CT molecular complexity index is 590. The van der Waals surface area contributed by atoms with Gasteiger partial charge < -0.3 is 10.5 Å². The van der Waals surface area contributed by atoms with E-state index in [1.165, 1.54) is 6.07 Å². The smallest absolute Gasteiger partial charge is 0.129 e. The van der Waals surface area contributed by atoms with E-state index in [0.717, 1.165) is 5.69 Å². The van der Waals surface area contributed by atoms with E-state index in [0.29, 0.717) is 24.2 Å². The molecule has 0 unspecified atom stereocenters. The molecule has 1 aromatic heterocycles. The van der Waals surface area contributed by atoms with Crippen molar-refractivity contribution in [3.8, 4) is 0 Å². The predicted molar refractivity (Wildman–Crippen MR) is 79.9 cm³/mol. The summed E-state index contributed by atoms with van der Waals surface area (Å²) in [7, 11) is 0. The third-order valence-electron chi connectivity index (χ3n) is 2.82. The highest BCUT2D eigenvalue weighted by Crippen LogP contribution is 2.12. The van der Waals surface area contributed by atoms with Gasteiger partial charge in [-0.25, -0.2) is 4.39 Å². The van der Waals surface area contributed by atoms with E-state index in [9.17, 15) is 4.39 Å². The number of aromatic nitrogens is 1. The quantitative estimate of drug-likeness (QED) is 0.656. The summed E-state index contributed by atoms with van der Waals surface area (Å²) in [6.07, 6.45) is 2.44. The molecule has 0 bridgehead atoms. The van der Waals surface area contributed by atoms with Crippen molar-refractivity contribution in [1.82, 2.24) is 4.98 Å². The number of pyridine rings is 1. The Kier molecular flexibility index (Phi) is 5.15. The molecule has 2 N–H and O–H groups in total. The van der Waals surface area contributed by atoms with Gasteiger partial charge in [0.1, 0.15) is 10.8 Å². The number of ether oxygens (including phenoxy) is 1. The second-order valence-corrected chi connectivity index (χ2v) is 4.73. The number of hydrogen-bond acceptors (Lipinski definition) is 3. The van der Waals surface area contributed by atoms with Crippen LogP contribution < -0.4 is 5.73 Å². The molecular weight excluding hydrogens is 275 g/mol. The van der Waals surface area contributed by atoms with Crippen molar-refractivity contribution in [2.45, 2.75) is 13.0 Å². The Morgan fingerprint density at radius 1 is 1.30 bits per heavy atom. The van der Waals surface area contributed by atoms with Crippen LogP contribution in [0.25, 0.3) is 0 Å². The molecule has 5 heteroatoms. The number of thiocarbonyl (C=S) groups is 1. The van der Waals surface area contributed by atoms with Crippen LogP contribution in [-0.4, -0.2) is 16.6 Å². The Morgan fingerprint density at radius 3 is 2.80 bits per heavy atom. The predicted octanol–water partition coefficient (Wildman–Crippen LogP) is 2.61. The zero-order valence-corrected chi connectivity index (χ0v) is 11.7. The van der Waals surface area contributed by atoms with E-state index in [1.54, 1.807) is 18.3 Å². The van der Waals surface area contributed by atoms with Crippen LogP contribution in [0.15, 0.2) is 42.6 Å². The van der Waals surface area contributed by atoms with E-state index in [-0.39, 0.29) is 17.4 Å². The average Bonchev–Trinajstić information content (AvgIpc) is 2.46. The van der Waals surface area contributed by atoms with Gasteiger partial charge in [0.2, 0.25) is 0 Å². The SMILES string of the molecule is NC(=S)c1ccc(COCCc2ccccn2)c(F)c1. The zero-order valence-electron chi connectivity index (χ0n) is 10.9. The minimum atomic E-state index is -0.354. The molecule has 2 rings (SSSR count). The number of hydrogen-bond donors (Lipinski definition) is 1. The molecule has 20 heavy (non-hydrogen) atoms. The normalized spacial score (nSPS) is 10.4. The monoisotopic (exact) mass is 290 g/mol. The molecule has 0 amide bonds. The van der Waals surface area contributed by atoms with Crippen molar-refractivity contribution in [2.75, 3.05) is 6.61 Å². The molecule has 0 spiro atoms. The molecule has 0 saturated carbocycles. The largest absolute Gasteiger partial charge is 0.389 e. The number of rotatable bonds is 6. The number of benzene rings is 1. The molecule has 0 aliphatic carbocycles. The highest BCUT2D eigenvalue weighted by atomic mass is 32.1. The topological polar surface area (TPSA) is 48.1 Å². The first-order valence-corrected chi connectivity index (χ1v) is 6.63. The van der Waals surface area contributed by atoms with Gasteiger partial charge in [-0.15, -0.1) is 0 Å². The third kappa shape index (κ3) is 4.08. The summed E-state index contributed by atoms with van der Waals surface area (Å²) < 4.78 is 19.2. The fraction of sp³-hybridized carbons (Fsp3) is 0.200. The molecular formula is C15H15FN2OS. The summed E-state index contributed by atoms with van der Waals surface area (Å²) in [5, 5.41) is 0. The molecule has 0 atom stereocenters. The van der Waals surface area contributed by atoms with Gasteiger partial charge in [0.25, 0.3) is 0 Å². The van der Waals surface area contributed by atoms with E-state index < -0.39 is 0 Å². The summed E-state index contributed by atoms with van der Waals surface area (Å²) >= 11 is 4.80. The van der Waals surface area contributed by atoms with Crippen molar-refractivity contribution in [3.05, 3.63) is 65.2 Å². The van der Waals surface area contributed by atoms with Gasteiger partial charge >= 0.3 is 0 Å². The lowest BCUT2D eigenvalue weighted by molar-refractivity contribution is 0.121. The van der Waals surface area contributed by atoms with Crippen molar-refractivity contribution >= 4 is 17.2 Å². The number of nitrogens with zero attached hydrogens (tertiary/aromatic N) is 1. The van der Waals surface area contributed by atoms with Gasteiger partial charge in [0.15, 0.2) is 0 Å². The molecule has 0 radical (unpaired) electrons. The molecule has 0 fully saturated rings. The Morgan fingerprint density at radius 2 is 2.15 bits per heavy atom. The number of nitrogens with two attached hydrogens (primary N) is 1. The van der Waals surface area contributed by atoms with Gasteiger partial charge in [0, 0.05) is 29.4 Å². The van der Waals surface area contributed by atoms with Crippen molar-refractivity contribution in [2.24, 2.45) is 5.73 Å². The number of halogens is 1. The average molecular weight is 290 g/mol. The van der Waals surface area contributed by atoms with Crippen LogP contribution in [0.3, 0.4) is 0 Å². The van der Waals surface area contributed by atoms with Crippen molar-refractivity contribution in [1.29, 1.82) is 0 Å². The summed E-state index contributed by atoms with van der Waals surface area (Å²) in [6.45, 7) is 0.712. The maximum absolute atomic E-state index is 13.8. The van der Waals surface area contributed by atoms with Gasteiger partial charge in [0.05, 0.1) is 13.2 Å². The summed E-state index contributed by atoms with van der Waals surface area (Å²) in [6, 6.07) is 10.4. The maximum atomic E-state index is 13.8. The van der Waals surface area contributed by atoms with Gasteiger partial charge in [-0.1, -0.05) is 30.4 Å². The second kappa shape index (κ2) is 7.07. The fourth-order valence-electron chi connectivity index (χ4n) is 1.72. The lowest BCUT2D eigenvalue weighted by Crippen LogP contribution is -2.10. The fourth-order valence-corrected chi connectivity index (χ4v) is 1.85. The van der Waals surface area contributed by atoms with Gasteiger partial charge in [-0.3, -0.25) is 4.98 Å². The van der Waals surface area contributed by atoms with E-state index in [2.05, 4.69) is 4.98 Å².